The molecule has 0 amide bonds. The zero-order valence-electron chi connectivity index (χ0n) is 15.9. The van der Waals surface area contributed by atoms with Gasteiger partial charge in [-0.25, -0.2) is 4.98 Å². The lowest BCUT2D eigenvalue weighted by atomic mass is 10.0. The number of halogens is 1. The molecule has 2 heterocycles. The minimum atomic E-state index is -0.147. The third-order valence-corrected chi connectivity index (χ3v) is 4.98. The van der Waals surface area contributed by atoms with E-state index in [0.717, 1.165) is 16.8 Å². The van der Waals surface area contributed by atoms with E-state index < -0.39 is 0 Å². The van der Waals surface area contributed by atoms with Crippen molar-refractivity contribution in [3.05, 3.63) is 85.8 Å². The van der Waals surface area contributed by atoms with E-state index in [9.17, 15) is 4.79 Å². The summed E-state index contributed by atoms with van der Waals surface area (Å²) in [5.74, 6) is 0.763. The molecule has 0 fully saturated rings. The Hall–Kier alpha value is -3.12. The third-order valence-electron chi connectivity index (χ3n) is 4.75. The van der Waals surface area contributed by atoms with Crippen LogP contribution in [0.3, 0.4) is 0 Å². The molecule has 0 aliphatic heterocycles. The molecule has 142 valence electrons. The molecule has 2 aromatic heterocycles. The highest BCUT2D eigenvalue weighted by molar-refractivity contribution is 6.30. The van der Waals surface area contributed by atoms with E-state index in [1.54, 1.807) is 0 Å². The Morgan fingerprint density at radius 3 is 2.57 bits per heavy atom. The van der Waals surface area contributed by atoms with E-state index in [2.05, 4.69) is 20.4 Å². The van der Waals surface area contributed by atoms with Crippen LogP contribution in [0.5, 0.6) is 0 Å². The quantitative estimate of drug-likeness (QED) is 0.541. The van der Waals surface area contributed by atoms with E-state index in [4.69, 9.17) is 11.6 Å². The van der Waals surface area contributed by atoms with Gasteiger partial charge in [-0.3, -0.25) is 9.89 Å². The zero-order chi connectivity index (χ0) is 19.8. The van der Waals surface area contributed by atoms with Crippen molar-refractivity contribution in [3.63, 3.8) is 0 Å². The first kappa shape index (κ1) is 18.3. The second kappa shape index (κ2) is 7.13. The molecule has 0 spiro atoms. The van der Waals surface area contributed by atoms with Crippen molar-refractivity contribution < 1.29 is 0 Å². The van der Waals surface area contributed by atoms with Crippen LogP contribution in [0, 0.1) is 20.8 Å². The first-order chi connectivity index (χ1) is 13.4. The molecule has 7 heteroatoms. The van der Waals surface area contributed by atoms with E-state index in [1.165, 1.54) is 10.1 Å². The van der Waals surface area contributed by atoms with Crippen LogP contribution in [0.2, 0.25) is 5.02 Å². The maximum Gasteiger partial charge on any atom is 0.277 e. The van der Waals surface area contributed by atoms with Gasteiger partial charge < -0.3 is 5.32 Å². The molecule has 0 aliphatic carbocycles. The maximum atomic E-state index is 13.0. The molecule has 2 N–H and O–H groups in total. The van der Waals surface area contributed by atoms with Gasteiger partial charge in [0, 0.05) is 22.7 Å². The van der Waals surface area contributed by atoms with Gasteiger partial charge in [0.2, 0.25) is 5.95 Å². The highest BCUT2D eigenvalue weighted by atomic mass is 35.5. The molecule has 28 heavy (non-hydrogen) atoms. The Labute approximate surface area is 167 Å². The summed E-state index contributed by atoms with van der Waals surface area (Å²) in [7, 11) is 0. The van der Waals surface area contributed by atoms with Gasteiger partial charge >= 0.3 is 0 Å². The molecule has 0 aliphatic rings. The highest BCUT2D eigenvalue weighted by Crippen LogP contribution is 2.23. The number of aromatic amines is 1. The van der Waals surface area contributed by atoms with E-state index in [0.29, 0.717) is 34.4 Å². The normalized spacial score (nSPS) is 11.1. The van der Waals surface area contributed by atoms with Gasteiger partial charge in [0.25, 0.3) is 11.3 Å². The Morgan fingerprint density at radius 1 is 1.07 bits per heavy atom. The molecule has 4 aromatic rings. The third kappa shape index (κ3) is 3.51. The number of fused-ring (bicyclic) bond motifs is 1. The monoisotopic (exact) mass is 393 g/mol. The van der Waals surface area contributed by atoms with Gasteiger partial charge in [0.15, 0.2) is 0 Å². The van der Waals surface area contributed by atoms with Gasteiger partial charge in [0.1, 0.15) is 0 Å². The molecular weight excluding hydrogens is 374 g/mol. The molecule has 6 nitrogen and oxygen atoms in total. The number of hydrogen-bond acceptors (Lipinski definition) is 4. The maximum absolute atomic E-state index is 13.0. The van der Waals surface area contributed by atoms with E-state index >= 15 is 0 Å². The van der Waals surface area contributed by atoms with Crippen molar-refractivity contribution in [1.29, 1.82) is 0 Å². The summed E-state index contributed by atoms with van der Waals surface area (Å²) in [6.45, 7) is 5.85. The molecule has 0 saturated carbocycles. The van der Waals surface area contributed by atoms with Crippen LogP contribution in [-0.4, -0.2) is 19.6 Å². The molecular formula is C21H20ClN5O. The van der Waals surface area contributed by atoms with Gasteiger partial charge in [-0.2, -0.15) is 9.50 Å². The molecule has 0 radical (unpaired) electrons. The summed E-state index contributed by atoms with van der Waals surface area (Å²) >= 11 is 6.08. The van der Waals surface area contributed by atoms with Crippen molar-refractivity contribution in [1.82, 2.24) is 19.6 Å². The number of aryl methyl sites for hydroxylation is 3. The number of anilines is 2. The number of hydrogen-bond donors (Lipinski definition) is 2. The fourth-order valence-electron chi connectivity index (χ4n) is 3.08. The fraction of sp³-hybridized carbons (Fsp3) is 0.190. The number of aromatic nitrogens is 4. The lowest BCUT2D eigenvalue weighted by Crippen LogP contribution is -2.22. The number of nitrogens with zero attached hydrogens (tertiary/aromatic N) is 3. The lowest BCUT2D eigenvalue weighted by molar-refractivity contribution is 0.860. The summed E-state index contributed by atoms with van der Waals surface area (Å²) in [6.07, 6.45) is 0.524. The largest absolute Gasteiger partial charge is 0.324 e. The average Bonchev–Trinajstić information content (AvgIpc) is 3.06. The van der Waals surface area contributed by atoms with E-state index in [-0.39, 0.29) is 5.56 Å². The van der Waals surface area contributed by atoms with Gasteiger partial charge in [0.05, 0.1) is 5.69 Å². The van der Waals surface area contributed by atoms with Crippen molar-refractivity contribution in [3.8, 4) is 0 Å². The minimum Gasteiger partial charge on any atom is -0.324 e. The standard InChI is InChI=1S/C21H20ClN5O/c1-12-4-7-15(8-5-12)10-17-14(3)23-21-25-20(26-27(21)19(17)28)24-18-11-16(22)9-6-13(18)2/h4-9,11H,10H2,1-3H3,(H2,23,24,25,26). The fourth-order valence-corrected chi connectivity index (χ4v) is 3.25. The molecule has 0 atom stereocenters. The molecule has 0 saturated heterocycles. The lowest BCUT2D eigenvalue weighted by Gasteiger charge is -2.06. The average molecular weight is 394 g/mol. The van der Waals surface area contributed by atoms with Crippen molar-refractivity contribution in [2.24, 2.45) is 0 Å². The minimum absolute atomic E-state index is 0.147. The first-order valence-corrected chi connectivity index (χ1v) is 9.35. The number of rotatable bonds is 4. The summed E-state index contributed by atoms with van der Waals surface area (Å²) in [5.41, 5.74) is 5.27. The highest BCUT2D eigenvalue weighted by Gasteiger charge is 2.14. The summed E-state index contributed by atoms with van der Waals surface area (Å²) < 4.78 is 1.37. The van der Waals surface area contributed by atoms with Gasteiger partial charge in [-0.05, 0) is 44.0 Å². The van der Waals surface area contributed by atoms with Crippen LogP contribution >= 0.6 is 11.6 Å². The van der Waals surface area contributed by atoms with Crippen LogP contribution in [0.4, 0.5) is 11.6 Å². The van der Waals surface area contributed by atoms with Crippen molar-refractivity contribution in [2.45, 2.75) is 27.2 Å². The van der Waals surface area contributed by atoms with Crippen LogP contribution in [-0.2, 0) is 6.42 Å². The van der Waals surface area contributed by atoms with Crippen LogP contribution in [0.1, 0.15) is 27.9 Å². The molecule has 2 aromatic carbocycles. The Balaban J connectivity index is 1.71. The summed E-state index contributed by atoms with van der Waals surface area (Å²) in [4.78, 5) is 21.9. The van der Waals surface area contributed by atoms with Crippen LogP contribution < -0.4 is 10.9 Å². The van der Waals surface area contributed by atoms with Crippen LogP contribution in [0.25, 0.3) is 5.78 Å². The molecule has 0 bridgehead atoms. The number of H-pyrrole nitrogens is 1. The zero-order valence-corrected chi connectivity index (χ0v) is 16.6. The number of benzene rings is 2. The Bertz CT molecular complexity index is 1220. The topological polar surface area (TPSA) is 75.1 Å². The Kier molecular flexibility index (Phi) is 4.65. The van der Waals surface area contributed by atoms with Crippen molar-refractivity contribution >= 4 is 29.0 Å². The second-order valence-electron chi connectivity index (χ2n) is 6.94. The summed E-state index contributed by atoms with van der Waals surface area (Å²) in [5, 5.41) is 6.79. The smallest absolute Gasteiger partial charge is 0.277 e. The van der Waals surface area contributed by atoms with Gasteiger partial charge in [-0.15, -0.1) is 0 Å². The number of nitrogens with one attached hydrogen (secondary N) is 2. The predicted molar refractivity (Wildman–Crippen MR) is 112 cm³/mol. The summed E-state index contributed by atoms with van der Waals surface area (Å²) in [6, 6.07) is 13.7. The second-order valence-corrected chi connectivity index (χ2v) is 7.37. The van der Waals surface area contributed by atoms with E-state index in [1.807, 2.05) is 63.2 Å². The first-order valence-electron chi connectivity index (χ1n) is 8.97. The Morgan fingerprint density at radius 2 is 1.82 bits per heavy atom. The SMILES string of the molecule is Cc1ccc(Cc2c(C)nc3nc(Nc4cc(Cl)ccc4C)[nH]n3c2=O)cc1. The molecule has 4 rings (SSSR count). The van der Waals surface area contributed by atoms with Gasteiger partial charge in [-0.1, -0.05) is 47.5 Å². The molecule has 0 unspecified atom stereocenters. The van der Waals surface area contributed by atoms with Crippen molar-refractivity contribution in [2.75, 3.05) is 5.32 Å². The van der Waals surface area contributed by atoms with Crippen LogP contribution in [0.15, 0.2) is 47.3 Å². The predicted octanol–water partition coefficient (Wildman–Crippen LogP) is 4.33.